The van der Waals surface area contributed by atoms with Crippen molar-refractivity contribution in [2.45, 2.75) is 43.7 Å². The molecule has 2 atom stereocenters. The van der Waals surface area contributed by atoms with E-state index in [2.05, 4.69) is 15.5 Å². The number of hydrogen-bond acceptors (Lipinski definition) is 5. The standard InChI is InChI=1S/C18H22N4O2/c1-22(2)18(23)12-5-3-11(4-6-12)17-20-16(21-24-17)13-9-14-7-8-15(10-13)19-14/h3-6,13-15,19H,7-10H2,1-2H3. The Morgan fingerprint density at radius 3 is 2.46 bits per heavy atom. The molecule has 2 unspecified atom stereocenters. The van der Waals surface area contributed by atoms with Gasteiger partial charge in [0, 0.05) is 43.2 Å². The summed E-state index contributed by atoms with van der Waals surface area (Å²) in [7, 11) is 3.49. The van der Waals surface area contributed by atoms with Crippen LogP contribution in [0, 0.1) is 0 Å². The van der Waals surface area contributed by atoms with Crippen molar-refractivity contribution in [1.82, 2.24) is 20.4 Å². The molecular weight excluding hydrogens is 304 g/mol. The van der Waals surface area contributed by atoms with Crippen molar-refractivity contribution in [3.8, 4) is 11.5 Å². The molecule has 4 rings (SSSR count). The van der Waals surface area contributed by atoms with E-state index in [9.17, 15) is 4.79 Å². The number of nitrogens with one attached hydrogen (secondary N) is 1. The number of carbonyl (C=O) groups is 1. The van der Waals surface area contributed by atoms with Crippen LogP contribution in [-0.4, -0.2) is 47.1 Å². The molecule has 3 heterocycles. The summed E-state index contributed by atoms with van der Waals surface area (Å²) in [5.41, 5.74) is 1.50. The SMILES string of the molecule is CN(C)C(=O)c1ccc(-c2nc(C3CC4CCC(C3)N4)no2)cc1. The fourth-order valence-corrected chi connectivity index (χ4v) is 3.80. The van der Waals surface area contributed by atoms with Gasteiger partial charge in [-0.05, 0) is 49.9 Å². The molecule has 0 spiro atoms. The summed E-state index contributed by atoms with van der Waals surface area (Å²) in [6.45, 7) is 0. The molecule has 6 nitrogen and oxygen atoms in total. The number of carbonyl (C=O) groups excluding carboxylic acids is 1. The zero-order valence-corrected chi connectivity index (χ0v) is 14.0. The fourth-order valence-electron chi connectivity index (χ4n) is 3.80. The molecule has 2 aliphatic rings. The van der Waals surface area contributed by atoms with Crippen molar-refractivity contribution in [3.05, 3.63) is 35.7 Å². The fraction of sp³-hybridized carbons (Fsp3) is 0.500. The van der Waals surface area contributed by atoms with Crippen molar-refractivity contribution >= 4 is 5.91 Å². The van der Waals surface area contributed by atoms with Crippen molar-refractivity contribution in [3.63, 3.8) is 0 Å². The Morgan fingerprint density at radius 2 is 1.83 bits per heavy atom. The van der Waals surface area contributed by atoms with Gasteiger partial charge in [-0.3, -0.25) is 4.79 Å². The highest BCUT2D eigenvalue weighted by Gasteiger charge is 2.36. The van der Waals surface area contributed by atoms with Crippen LogP contribution >= 0.6 is 0 Å². The van der Waals surface area contributed by atoms with Gasteiger partial charge in [-0.25, -0.2) is 0 Å². The van der Waals surface area contributed by atoms with Crippen LogP contribution < -0.4 is 5.32 Å². The Labute approximate surface area is 141 Å². The molecule has 2 aromatic rings. The topological polar surface area (TPSA) is 71.3 Å². The number of fused-ring (bicyclic) bond motifs is 2. The van der Waals surface area contributed by atoms with Crippen molar-refractivity contribution < 1.29 is 9.32 Å². The molecule has 1 aromatic heterocycles. The third-order valence-electron chi connectivity index (χ3n) is 5.06. The Hall–Kier alpha value is -2.21. The van der Waals surface area contributed by atoms with Crippen LogP contribution in [0.4, 0.5) is 0 Å². The second-order valence-electron chi connectivity index (χ2n) is 7.04. The van der Waals surface area contributed by atoms with E-state index in [1.165, 1.54) is 12.8 Å². The van der Waals surface area contributed by atoms with Gasteiger partial charge in [-0.15, -0.1) is 0 Å². The van der Waals surface area contributed by atoms with Gasteiger partial charge in [0.1, 0.15) is 0 Å². The van der Waals surface area contributed by atoms with Crippen LogP contribution in [0.3, 0.4) is 0 Å². The van der Waals surface area contributed by atoms with Gasteiger partial charge in [0.15, 0.2) is 5.82 Å². The van der Waals surface area contributed by atoms with Gasteiger partial charge < -0.3 is 14.7 Å². The lowest BCUT2D eigenvalue weighted by Gasteiger charge is -2.26. The number of aromatic nitrogens is 2. The molecule has 6 heteroatoms. The van der Waals surface area contributed by atoms with Crippen LogP contribution in [0.1, 0.15) is 47.8 Å². The Bertz CT molecular complexity index is 726. The minimum Gasteiger partial charge on any atom is -0.345 e. The highest BCUT2D eigenvalue weighted by molar-refractivity contribution is 5.94. The van der Waals surface area contributed by atoms with Gasteiger partial charge in [0.25, 0.3) is 11.8 Å². The first-order chi connectivity index (χ1) is 11.6. The molecule has 2 bridgehead atoms. The number of benzene rings is 1. The molecular formula is C18H22N4O2. The summed E-state index contributed by atoms with van der Waals surface area (Å²) in [5, 5.41) is 7.84. The summed E-state index contributed by atoms with van der Waals surface area (Å²) < 4.78 is 5.47. The van der Waals surface area contributed by atoms with E-state index < -0.39 is 0 Å². The number of amides is 1. The lowest BCUT2D eigenvalue weighted by atomic mass is 9.92. The number of rotatable bonds is 3. The predicted octanol–water partition coefficient (Wildman–Crippen LogP) is 2.44. The first-order valence-corrected chi connectivity index (χ1v) is 8.52. The maximum atomic E-state index is 11.9. The van der Waals surface area contributed by atoms with E-state index in [4.69, 9.17) is 4.52 Å². The summed E-state index contributed by atoms with van der Waals surface area (Å²) in [6, 6.07) is 8.53. The predicted molar refractivity (Wildman–Crippen MR) is 89.7 cm³/mol. The molecule has 0 radical (unpaired) electrons. The third kappa shape index (κ3) is 2.82. The first-order valence-electron chi connectivity index (χ1n) is 8.52. The van der Waals surface area contributed by atoms with Crippen LogP contribution in [0.15, 0.2) is 28.8 Å². The maximum absolute atomic E-state index is 11.9. The highest BCUT2D eigenvalue weighted by atomic mass is 16.5. The third-order valence-corrected chi connectivity index (χ3v) is 5.06. The lowest BCUT2D eigenvalue weighted by Crippen LogP contribution is -2.37. The van der Waals surface area contributed by atoms with Gasteiger partial charge in [-0.2, -0.15) is 4.98 Å². The molecule has 1 amide bonds. The lowest BCUT2D eigenvalue weighted by molar-refractivity contribution is 0.0827. The maximum Gasteiger partial charge on any atom is 0.257 e. The molecule has 2 fully saturated rings. The zero-order valence-electron chi connectivity index (χ0n) is 14.0. The summed E-state index contributed by atoms with van der Waals surface area (Å²) >= 11 is 0. The zero-order chi connectivity index (χ0) is 16.7. The Balaban J connectivity index is 1.51. The molecule has 1 N–H and O–H groups in total. The van der Waals surface area contributed by atoms with E-state index in [0.29, 0.717) is 29.5 Å². The van der Waals surface area contributed by atoms with Crippen LogP contribution in [0.25, 0.3) is 11.5 Å². The molecule has 24 heavy (non-hydrogen) atoms. The molecule has 0 aliphatic carbocycles. The number of hydrogen-bond donors (Lipinski definition) is 1. The normalized spacial score (nSPS) is 25.7. The van der Waals surface area contributed by atoms with Crippen LogP contribution in [0.5, 0.6) is 0 Å². The molecule has 126 valence electrons. The van der Waals surface area contributed by atoms with Gasteiger partial charge in [0.2, 0.25) is 0 Å². The average Bonchev–Trinajstić information content (AvgIpc) is 3.21. The molecule has 0 saturated carbocycles. The highest BCUT2D eigenvalue weighted by Crippen LogP contribution is 2.36. The van der Waals surface area contributed by atoms with E-state index in [1.807, 2.05) is 12.1 Å². The van der Waals surface area contributed by atoms with Crippen molar-refractivity contribution in [2.75, 3.05) is 14.1 Å². The van der Waals surface area contributed by atoms with Crippen molar-refractivity contribution in [2.24, 2.45) is 0 Å². The van der Waals surface area contributed by atoms with Crippen LogP contribution in [0.2, 0.25) is 0 Å². The number of piperidine rings is 1. The van der Waals surface area contributed by atoms with Crippen molar-refractivity contribution in [1.29, 1.82) is 0 Å². The minimum absolute atomic E-state index is 0.0158. The minimum atomic E-state index is -0.0158. The summed E-state index contributed by atoms with van der Waals surface area (Å²) in [4.78, 5) is 18.1. The smallest absolute Gasteiger partial charge is 0.257 e. The van der Waals surface area contributed by atoms with Gasteiger partial charge in [0.05, 0.1) is 0 Å². The number of nitrogens with zero attached hydrogens (tertiary/aromatic N) is 3. The quantitative estimate of drug-likeness (QED) is 0.938. The Morgan fingerprint density at radius 1 is 1.17 bits per heavy atom. The van der Waals surface area contributed by atoms with E-state index in [-0.39, 0.29) is 5.91 Å². The second-order valence-corrected chi connectivity index (χ2v) is 7.04. The Kier molecular flexibility index (Phi) is 3.84. The molecule has 2 aliphatic heterocycles. The molecule has 1 aromatic carbocycles. The van der Waals surface area contributed by atoms with Gasteiger partial charge in [-0.1, -0.05) is 5.16 Å². The first kappa shape index (κ1) is 15.3. The van der Waals surface area contributed by atoms with Crippen LogP contribution in [-0.2, 0) is 0 Å². The monoisotopic (exact) mass is 326 g/mol. The summed E-state index contributed by atoms with van der Waals surface area (Å²) in [6.07, 6.45) is 4.69. The van der Waals surface area contributed by atoms with E-state index >= 15 is 0 Å². The average molecular weight is 326 g/mol. The van der Waals surface area contributed by atoms with Gasteiger partial charge >= 0.3 is 0 Å². The second kappa shape index (κ2) is 6.02. The summed E-state index contributed by atoms with van der Waals surface area (Å²) in [5.74, 6) is 1.71. The van der Waals surface area contributed by atoms with E-state index in [1.54, 1.807) is 31.1 Å². The largest absolute Gasteiger partial charge is 0.345 e. The van der Waals surface area contributed by atoms with E-state index in [0.717, 1.165) is 24.2 Å². The molecule has 2 saturated heterocycles.